The summed E-state index contributed by atoms with van der Waals surface area (Å²) in [4.78, 5) is 12.9. The summed E-state index contributed by atoms with van der Waals surface area (Å²) >= 11 is 3.61. The highest BCUT2D eigenvalue weighted by molar-refractivity contribution is 9.10. The zero-order valence-electron chi connectivity index (χ0n) is 19.0. The van der Waals surface area contributed by atoms with Gasteiger partial charge in [-0.1, -0.05) is 41.5 Å². The zero-order valence-corrected chi connectivity index (χ0v) is 21.6. The fraction of sp³-hybridized carbons (Fsp3) is 0.696. The van der Waals surface area contributed by atoms with Crippen LogP contribution in [0.25, 0.3) is 0 Å². The number of carbonyl (C=O) groups is 1. The molecule has 1 aliphatic carbocycles. The smallest absolute Gasteiger partial charge is 0.250 e. The van der Waals surface area contributed by atoms with Gasteiger partial charge in [0, 0.05) is 12.3 Å². The Labute approximate surface area is 180 Å². The highest BCUT2D eigenvalue weighted by Crippen LogP contribution is 2.46. The standard InChI is InChI=1S/C23H37BrO3Si/c1-15-10-19(25)17(23(5,6)14-15)11-16-12-21(26-7)18(24)13-20(16)27-28(8,9)22(2,3)4/h12-13,15,17H,10-11,14H2,1-9H3. The number of methoxy groups -OCH3 is 1. The van der Waals surface area contributed by atoms with Gasteiger partial charge in [0.2, 0.25) is 8.32 Å². The summed E-state index contributed by atoms with van der Waals surface area (Å²) < 4.78 is 13.1. The minimum atomic E-state index is -2.00. The van der Waals surface area contributed by atoms with Gasteiger partial charge in [0.05, 0.1) is 11.6 Å². The number of carbonyl (C=O) groups excluding carboxylic acids is 1. The molecular weight excluding hydrogens is 432 g/mol. The van der Waals surface area contributed by atoms with Crippen LogP contribution in [0.15, 0.2) is 16.6 Å². The monoisotopic (exact) mass is 468 g/mol. The molecule has 0 N–H and O–H groups in total. The number of ether oxygens (including phenoxy) is 1. The molecule has 1 saturated carbocycles. The second-order valence-electron chi connectivity index (χ2n) is 10.7. The van der Waals surface area contributed by atoms with E-state index in [-0.39, 0.29) is 16.4 Å². The van der Waals surface area contributed by atoms with Crippen molar-refractivity contribution in [2.45, 2.75) is 78.9 Å². The molecule has 0 bridgehead atoms. The summed E-state index contributed by atoms with van der Waals surface area (Å²) in [6, 6.07) is 4.07. The minimum absolute atomic E-state index is 0.0105. The molecule has 158 valence electrons. The first kappa shape index (κ1) is 23.5. The molecule has 2 unspecified atom stereocenters. The number of hydrogen-bond acceptors (Lipinski definition) is 3. The third kappa shape index (κ3) is 5.02. The Kier molecular flexibility index (Phi) is 6.82. The first-order valence-corrected chi connectivity index (χ1v) is 14.0. The molecule has 0 spiro atoms. The lowest BCUT2D eigenvalue weighted by Crippen LogP contribution is -2.44. The Bertz CT molecular complexity index is 734. The quantitative estimate of drug-likeness (QED) is 0.435. The van der Waals surface area contributed by atoms with Gasteiger partial charge in [-0.05, 0) is 75.9 Å². The summed E-state index contributed by atoms with van der Waals surface area (Å²) in [5, 5.41) is 0.103. The summed E-state index contributed by atoms with van der Waals surface area (Å²) in [6.07, 6.45) is 2.46. The van der Waals surface area contributed by atoms with E-state index in [0.717, 1.165) is 28.0 Å². The van der Waals surface area contributed by atoms with Gasteiger partial charge >= 0.3 is 0 Å². The van der Waals surface area contributed by atoms with Crippen LogP contribution in [-0.2, 0) is 11.2 Å². The molecule has 3 nitrogen and oxygen atoms in total. The van der Waals surface area contributed by atoms with Crippen molar-refractivity contribution in [2.24, 2.45) is 17.3 Å². The van der Waals surface area contributed by atoms with E-state index in [1.54, 1.807) is 7.11 Å². The fourth-order valence-corrected chi connectivity index (χ4v) is 5.59. The number of halogens is 1. The van der Waals surface area contributed by atoms with Crippen LogP contribution in [0.5, 0.6) is 11.5 Å². The lowest BCUT2D eigenvalue weighted by molar-refractivity contribution is -0.131. The van der Waals surface area contributed by atoms with Crippen LogP contribution in [0, 0.1) is 17.3 Å². The Morgan fingerprint density at radius 3 is 2.32 bits per heavy atom. The van der Waals surface area contributed by atoms with Crippen molar-refractivity contribution in [3.8, 4) is 11.5 Å². The van der Waals surface area contributed by atoms with E-state index in [9.17, 15) is 4.79 Å². The van der Waals surface area contributed by atoms with Crippen molar-refractivity contribution in [3.05, 3.63) is 22.2 Å². The molecule has 0 aliphatic heterocycles. The van der Waals surface area contributed by atoms with Crippen molar-refractivity contribution in [1.29, 1.82) is 0 Å². The predicted molar refractivity (Wildman–Crippen MR) is 123 cm³/mol. The fourth-order valence-electron chi connectivity index (χ4n) is 4.06. The van der Waals surface area contributed by atoms with Gasteiger partial charge < -0.3 is 9.16 Å². The van der Waals surface area contributed by atoms with E-state index in [0.29, 0.717) is 24.5 Å². The molecule has 1 aromatic rings. The normalized spacial score (nSPS) is 22.9. The molecule has 0 amide bonds. The average Bonchev–Trinajstić information content (AvgIpc) is 2.50. The second kappa shape index (κ2) is 8.14. The summed E-state index contributed by atoms with van der Waals surface area (Å²) in [5.41, 5.74) is 1.06. The van der Waals surface area contributed by atoms with E-state index in [2.05, 4.69) is 70.6 Å². The lowest BCUT2D eigenvalue weighted by Gasteiger charge is -2.41. The molecule has 1 aromatic carbocycles. The Balaban J connectivity index is 2.46. The van der Waals surface area contributed by atoms with E-state index >= 15 is 0 Å². The lowest BCUT2D eigenvalue weighted by atomic mass is 9.63. The van der Waals surface area contributed by atoms with Crippen LogP contribution in [0.4, 0.5) is 0 Å². The first-order chi connectivity index (χ1) is 12.7. The maximum Gasteiger partial charge on any atom is 0.250 e. The largest absolute Gasteiger partial charge is 0.543 e. The summed E-state index contributed by atoms with van der Waals surface area (Å²) in [7, 11) is -0.327. The van der Waals surface area contributed by atoms with E-state index in [4.69, 9.17) is 9.16 Å². The van der Waals surface area contributed by atoms with Crippen molar-refractivity contribution < 1.29 is 14.0 Å². The molecule has 1 fully saturated rings. The SMILES string of the molecule is COc1cc(CC2C(=O)CC(C)CC2(C)C)c(O[Si](C)(C)C(C)(C)C)cc1Br. The molecule has 2 atom stereocenters. The van der Waals surface area contributed by atoms with Gasteiger partial charge in [0.15, 0.2) is 0 Å². The molecule has 5 heteroatoms. The molecule has 0 heterocycles. The van der Waals surface area contributed by atoms with Crippen molar-refractivity contribution in [3.63, 3.8) is 0 Å². The van der Waals surface area contributed by atoms with E-state index in [1.807, 2.05) is 12.1 Å². The van der Waals surface area contributed by atoms with Gasteiger partial charge in [-0.2, -0.15) is 0 Å². The number of Topliss-reactive ketones (excluding diaryl/α,β-unsaturated/α-hetero) is 1. The second-order valence-corrected chi connectivity index (χ2v) is 16.3. The first-order valence-electron chi connectivity index (χ1n) is 10.3. The molecule has 2 rings (SSSR count). The summed E-state index contributed by atoms with van der Waals surface area (Å²) in [5.74, 6) is 2.52. The summed E-state index contributed by atoms with van der Waals surface area (Å²) in [6.45, 7) is 17.9. The molecule has 0 radical (unpaired) electrons. The maximum atomic E-state index is 12.9. The molecule has 28 heavy (non-hydrogen) atoms. The van der Waals surface area contributed by atoms with Crippen LogP contribution in [0.3, 0.4) is 0 Å². The minimum Gasteiger partial charge on any atom is -0.543 e. The topological polar surface area (TPSA) is 35.5 Å². The molecule has 0 aromatic heterocycles. The number of benzene rings is 1. The van der Waals surface area contributed by atoms with Crippen LogP contribution in [0.1, 0.15) is 59.9 Å². The van der Waals surface area contributed by atoms with Gasteiger partial charge in [-0.3, -0.25) is 4.79 Å². The van der Waals surface area contributed by atoms with Crippen molar-refractivity contribution in [1.82, 2.24) is 0 Å². The van der Waals surface area contributed by atoms with Gasteiger partial charge in [-0.15, -0.1) is 0 Å². The average molecular weight is 470 g/mol. The Morgan fingerprint density at radius 1 is 1.21 bits per heavy atom. The number of rotatable bonds is 5. The van der Waals surface area contributed by atoms with Crippen LogP contribution in [-0.4, -0.2) is 21.2 Å². The van der Waals surface area contributed by atoms with Crippen LogP contribution < -0.4 is 9.16 Å². The molecular formula is C23H37BrO3Si. The molecule has 1 aliphatic rings. The van der Waals surface area contributed by atoms with E-state index in [1.165, 1.54) is 0 Å². The number of hydrogen-bond donors (Lipinski definition) is 0. The molecule has 0 saturated heterocycles. The zero-order chi connectivity index (χ0) is 21.5. The maximum absolute atomic E-state index is 12.9. The Morgan fingerprint density at radius 2 is 1.82 bits per heavy atom. The van der Waals surface area contributed by atoms with Gasteiger partial charge in [0.25, 0.3) is 0 Å². The van der Waals surface area contributed by atoms with Crippen LogP contribution in [0.2, 0.25) is 18.1 Å². The van der Waals surface area contributed by atoms with E-state index < -0.39 is 8.32 Å². The third-order valence-corrected chi connectivity index (χ3v) is 11.6. The van der Waals surface area contributed by atoms with Crippen LogP contribution >= 0.6 is 15.9 Å². The number of ketones is 1. The predicted octanol–water partition coefficient (Wildman–Crippen LogP) is 7.03. The highest BCUT2D eigenvalue weighted by Gasteiger charge is 2.42. The van der Waals surface area contributed by atoms with Crippen molar-refractivity contribution >= 4 is 30.0 Å². The highest BCUT2D eigenvalue weighted by atomic mass is 79.9. The Hall–Kier alpha value is -0.813. The van der Waals surface area contributed by atoms with Crippen molar-refractivity contribution in [2.75, 3.05) is 7.11 Å². The van der Waals surface area contributed by atoms with Gasteiger partial charge in [-0.25, -0.2) is 0 Å². The van der Waals surface area contributed by atoms with Gasteiger partial charge in [0.1, 0.15) is 17.3 Å². The third-order valence-electron chi connectivity index (χ3n) is 6.69.